The van der Waals surface area contributed by atoms with Crippen molar-refractivity contribution in [1.29, 1.82) is 0 Å². The fourth-order valence-corrected chi connectivity index (χ4v) is 22.6. The van der Waals surface area contributed by atoms with Gasteiger partial charge in [-0.2, -0.15) is 0 Å². The van der Waals surface area contributed by atoms with Crippen LogP contribution in [-0.2, 0) is 16.2 Å². The quantitative estimate of drug-likeness (QED) is 0.102. The first kappa shape index (κ1) is 85.1. The third-order valence-electron chi connectivity index (χ3n) is 29.6. The average molecular weight is 1810 g/mol. The van der Waals surface area contributed by atoms with Gasteiger partial charge in [0.05, 0.1) is 28.4 Å². The zero-order valence-electron chi connectivity index (χ0n) is 79.3. The van der Waals surface area contributed by atoms with Crippen molar-refractivity contribution in [2.45, 2.75) is 57.8 Å². The Balaban J connectivity index is 0.000000112. The maximum Gasteiger partial charge on any atom is 0.159 e. The van der Waals surface area contributed by atoms with Crippen LogP contribution in [0.1, 0.15) is 74.9 Å². The van der Waals surface area contributed by atoms with Crippen LogP contribution in [0.4, 0.5) is 51.2 Å². The lowest BCUT2D eigenvalue weighted by Crippen LogP contribution is -2.17. The molecule has 0 spiro atoms. The van der Waals surface area contributed by atoms with Crippen molar-refractivity contribution in [1.82, 2.24) is 0 Å². The standard InChI is InChI=1S/C51H37NO.C45H33NO.C39H29NO/c1-51(2)45-24-14-12-22-40(45)41-28-27-39(33-46(41)51)52(47-29-26-37(34-16-6-3-7-17-34)30-43(47)36-20-10-5-11-21-36)48-32-38(35-18-8-4-9-19-35)31-44-42-23-13-15-25-49(42)53-50(44)48;1-45(2)39-22-12-9-20-35(39)36-26-25-33(29-40(36)45)46(41-23-13-10-19-34(41)31-17-7-4-8-18-31)42-28-32(30-15-5-3-6-16-30)27-38-37-21-11-14-24-43(37)47-44(38)42;1-39(2)34-19-11-9-17-30(34)31-22-21-29(25-35(31)39)40(28-15-7-4-8-16-28)36-24-27(26-13-5-3-6-14-26)23-33-32-18-10-12-20-37(32)41-38(33)36/h3-33H,1-2H3;3-29H,1-2H3;3-25H,1-2H3. The van der Waals surface area contributed by atoms with E-state index in [1.807, 2.05) is 12.1 Å². The second-order valence-electron chi connectivity index (χ2n) is 38.9. The van der Waals surface area contributed by atoms with Crippen molar-refractivity contribution in [3.05, 3.63) is 525 Å². The molecule has 0 saturated carbocycles. The van der Waals surface area contributed by atoms with Gasteiger partial charge in [-0.05, 0) is 244 Å². The topological polar surface area (TPSA) is 49.1 Å². The molecular weight excluding hydrogens is 1710 g/mol. The van der Waals surface area contributed by atoms with Gasteiger partial charge in [-0.15, -0.1) is 0 Å². The van der Waals surface area contributed by atoms with Crippen LogP contribution in [0.15, 0.2) is 505 Å². The van der Waals surface area contributed by atoms with Crippen LogP contribution in [0.5, 0.6) is 0 Å². The van der Waals surface area contributed by atoms with Crippen LogP contribution < -0.4 is 14.7 Å². The maximum atomic E-state index is 6.88. The lowest BCUT2D eigenvalue weighted by Gasteiger charge is -2.30. The zero-order valence-corrected chi connectivity index (χ0v) is 79.3. The Morgan fingerprint density at radius 1 is 0.149 bits per heavy atom. The predicted octanol–water partition coefficient (Wildman–Crippen LogP) is 38.1. The molecule has 24 aromatic rings. The molecule has 0 saturated heterocycles. The molecule has 3 aliphatic rings. The van der Waals surface area contributed by atoms with Crippen molar-refractivity contribution in [3.8, 4) is 100 Å². The van der Waals surface area contributed by atoms with E-state index in [0.29, 0.717) is 0 Å². The minimum atomic E-state index is -0.159. The van der Waals surface area contributed by atoms with Gasteiger partial charge in [0.25, 0.3) is 0 Å². The third-order valence-corrected chi connectivity index (χ3v) is 29.6. The number of furan rings is 3. The molecule has 0 aliphatic heterocycles. The van der Waals surface area contributed by atoms with Crippen molar-refractivity contribution in [2.75, 3.05) is 14.7 Å². The highest BCUT2D eigenvalue weighted by molar-refractivity contribution is 6.16. The van der Waals surface area contributed by atoms with Gasteiger partial charge in [0, 0.05) is 82.4 Å². The van der Waals surface area contributed by atoms with E-state index < -0.39 is 0 Å². The summed E-state index contributed by atoms with van der Waals surface area (Å²) in [6.45, 7) is 14.1. The Morgan fingerprint density at radius 3 is 0.787 bits per heavy atom. The first-order valence-electron chi connectivity index (χ1n) is 48.8. The van der Waals surface area contributed by atoms with Crippen LogP contribution in [0.2, 0.25) is 0 Å². The summed E-state index contributed by atoms with van der Waals surface area (Å²) in [5, 5.41) is 6.66. The molecule has 0 amide bonds. The number of benzene rings is 21. The third kappa shape index (κ3) is 14.7. The first-order chi connectivity index (χ1) is 69.2. The Labute approximate surface area is 821 Å². The molecule has 6 heteroatoms. The molecular formula is C135H99N3O3. The SMILES string of the molecule is CC1(C)c2ccccc2-c2ccc(N(c3ccc(-c4ccccc4)cc3-c3ccccc3)c3cc(-c4ccccc4)cc4c3oc3ccccc34)cc21.CC1(C)c2ccccc2-c2ccc(N(c3ccccc3)c3cc(-c4ccccc4)cc4c3oc3ccccc34)cc21.CC1(C)c2ccccc2-c2ccc(N(c3ccccc3-c3ccccc3)c3cc(-c4ccccc4)cc4c3oc3ccccc34)cc21. The van der Waals surface area contributed by atoms with Crippen LogP contribution >= 0.6 is 0 Å². The number of para-hydroxylation sites is 5. The van der Waals surface area contributed by atoms with E-state index >= 15 is 0 Å². The van der Waals surface area contributed by atoms with E-state index in [2.05, 4.69) is 535 Å². The van der Waals surface area contributed by atoms with Crippen molar-refractivity contribution in [3.63, 3.8) is 0 Å². The second kappa shape index (κ2) is 34.6. The molecule has 0 unspecified atom stereocenters. The van der Waals surface area contributed by atoms with Gasteiger partial charge in [-0.1, -0.05) is 412 Å². The van der Waals surface area contributed by atoms with E-state index in [1.165, 1.54) is 94.6 Å². The highest BCUT2D eigenvalue weighted by Gasteiger charge is 2.41. The second-order valence-corrected chi connectivity index (χ2v) is 38.9. The number of hydrogen-bond donors (Lipinski definition) is 0. The van der Waals surface area contributed by atoms with Gasteiger partial charge in [0.15, 0.2) is 16.7 Å². The fraction of sp³-hybridized carbons (Fsp3) is 0.0667. The Bertz CT molecular complexity index is 8940. The van der Waals surface area contributed by atoms with Gasteiger partial charge >= 0.3 is 0 Å². The maximum absolute atomic E-state index is 6.88. The van der Waals surface area contributed by atoms with Crippen LogP contribution in [0, 0.1) is 0 Å². The molecule has 0 fully saturated rings. The smallest absolute Gasteiger partial charge is 0.159 e. The summed E-state index contributed by atoms with van der Waals surface area (Å²) in [7, 11) is 0. The predicted molar refractivity (Wildman–Crippen MR) is 591 cm³/mol. The Hall–Kier alpha value is -17.6. The molecule has 27 rings (SSSR count). The summed E-state index contributed by atoms with van der Waals surface area (Å²) in [4.78, 5) is 7.21. The minimum absolute atomic E-state index is 0.0924. The summed E-state index contributed by atoms with van der Waals surface area (Å²) >= 11 is 0. The van der Waals surface area contributed by atoms with Crippen LogP contribution in [0.25, 0.3) is 166 Å². The molecule has 0 N–H and O–H groups in total. The number of anilines is 9. The van der Waals surface area contributed by atoms with Crippen LogP contribution in [-0.4, -0.2) is 0 Å². The van der Waals surface area contributed by atoms with Crippen molar-refractivity contribution in [2.24, 2.45) is 0 Å². The molecule has 6 nitrogen and oxygen atoms in total. The molecule has 0 atom stereocenters. The minimum Gasteiger partial charge on any atom is -0.454 e. The summed E-state index contributed by atoms with van der Waals surface area (Å²) in [5.41, 5.74) is 44.4. The van der Waals surface area contributed by atoms with E-state index in [0.717, 1.165) is 156 Å². The van der Waals surface area contributed by atoms with Gasteiger partial charge < -0.3 is 28.0 Å². The summed E-state index contributed by atoms with van der Waals surface area (Å²) < 4.78 is 20.3. The number of hydrogen-bond acceptors (Lipinski definition) is 6. The Kier molecular flexibility index (Phi) is 20.9. The molecule has 3 aliphatic carbocycles. The van der Waals surface area contributed by atoms with E-state index in [1.54, 1.807) is 0 Å². The molecule has 141 heavy (non-hydrogen) atoms. The number of fused-ring (bicyclic) bond motifs is 18. The number of nitrogens with zero attached hydrogens (tertiary/aromatic N) is 3. The van der Waals surface area contributed by atoms with E-state index in [4.69, 9.17) is 13.3 Å². The van der Waals surface area contributed by atoms with Gasteiger partial charge in [0.2, 0.25) is 0 Å². The number of rotatable bonds is 15. The highest BCUT2D eigenvalue weighted by atomic mass is 16.3. The first-order valence-corrected chi connectivity index (χ1v) is 48.8. The van der Waals surface area contributed by atoms with Gasteiger partial charge in [-0.3, -0.25) is 0 Å². The fourth-order valence-electron chi connectivity index (χ4n) is 22.6. The van der Waals surface area contributed by atoms with Crippen LogP contribution in [0.3, 0.4) is 0 Å². The normalized spacial score (nSPS) is 13.1. The molecule has 0 bridgehead atoms. The molecule has 21 aromatic carbocycles. The van der Waals surface area contributed by atoms with Crippen molar-refractivity contribution >= 4 is 117 Å². The lowest BCUT2D eigenvalue weighted by atomic mass is 9.82. The highest BCUT2D eigenvalue weighted by Crippen LogP contribution is 2.58. The lowest BCUT2D eigenvalue weighted by molar-refractivity contribution is 0.660. The zero-order chi connectivity index (χ0) is 94.6. The van der Waals surface area contributed by atoms with E-state index in [9.17, 15) is 0 Å². The molecule has 672 valence electrons. The Morgan fingerprint density at radius 2 is 0.418 bits per heavy atom. The summed E-state index contributed by atoms with van der Waals surface area (Å²) in [6.07, 6.45) is 0. The largest absolute Gasteiger partial charge is 0.454 e. The van der Waals surface area contributed by atoms with Crippen molar-refractivity contribution < 1.29 is 13.3 Å². The summed E-state index contributed by atoms with van der Waals surface area (Å²) in [6, 6.07) is 177. The van der Waals surface area contributed by atoms with Gasteiger partial charge in [-0.25, -0.2) is 0 Å². The van der Waals surface area contributed by atoms with Gasteiger partial charge in [0.1, 0.15) is 16.7 Å². The monoisotopic (exact) mass is 1810 g/mol. The molecule has 0 radical (unpaired) electrons. The average Bonchev–Trinajstić information content (AvgIpc) is 1.58. The summed E-state index contributed by atoms with van der Waals surface area (Å²) in [5.74, 6) is 0. The molecule has 3 aromatic heterocycles. The molecule has 3 heterocycles. The van der Waals surface area contributed by atoms with E-state index in [-0.39, 0.29) is 16.2 Å².